The molecule has 0 unspecified atom stereocenters. The molecule has 42 heavy (non-hydrogen) atoms. The molecule has 3 aromatic rings. The zero-order valence-corrected chi connectivity index (χ0v) is 25.7. The fraction of sp³-hybridized carbons (Fsp3) is 0.529. The summed E-state index contributed by atoms with van der Waals surface area (Å²) in [5, 5.41) is 6.99. The quantitative estimate of drug-likeness (QED) is 0.279. The summed E-state index contributed by atoms with van der Waals surface area (Å²) in [4.78, 5) is 29.9. The zero-order valence-electron chi connectivity index (χ0n) is 25.7. The van der Waals surface area contributed by atoms with E-state index in [1.165, 1.54) is 23.2 Å². The molecule has 2 aliphatic rings. The summed E-state index contributed by atoms with van der Waals surface area (Å²) in [6.07, 6.45) is 8.34. The van der Waals surface area contributed by atoms with Crippen molar-refractivity contribution in [2.45, 2.75) is 84.2 Å². The summed E-state index contributed by atoms with van der Waals surface area (Å²) in [7, 11) is 0. The van der Waals surface area contributed by atoms with Crippen LogP contribution in [0, 0.1) is 5.92 Å². The Labute approximate surface area is 250 Å². The van der Waals surface area contributed by atoms with Crippen LogP contribution in [0.5, 0.6) is 0 Å². The molecule has 0 bridgehead atoms. The molecule has 2 N–H and O–H groups in total. The Hall–Kier alpha value is -3.68. The third-order valence-corrected chi connectivity index (χ3v) is 8.28. The molecule has 0 saturated carbocycles. The molecule has 4 heterocycles. The van der Waals surface area contributed by atoms with Gasteiger partial charge in [-0.1, -0.05) is 43.3 Å². The summed E-state index contributed by atoms with van der Waals surface area (Å²) in [5.74, 6) is 2.87. The third-order valence-electron chi connectivity index (χ3n) is 8.28. The minimum atomic E-state index is -0.532. The predicted molar refractivity (Wildman–Crippen MR) is 169 cm³/mol. The van der Waals surface area contributed by atoms with Crippen molar-refractivity contribution in [3.05, 3.63) is 71.2 Å². The van der Waals surface area contributed by atoms with Gasteiger partial charge in [0.25, 0.3) is 0 Å². The SMILES string of the molecule is CCc1c(NC[C@H](CCc2ccccc2)C(=O)OC(C)(C)C)ncnc1N1CCC(c2ccc3c(n2)NCCC3)CC1. The minimum absolute atomic E-state index is 0.175. The summed E-state index contributed by atoms with van der Waals surface area (Å²) in [5.41, 5.74) is 4.32. The summed E-state index contributed by atoms with van der Waals surface area (Å²) in [6, 6.07) is 14.8. The number of carbonyl (C=O) groups excluding carboxylic acids is 1. The van der Waals surface area contributed by atoms with E-state index in [2.05, 4.69) is 51.7 Å². The highest BCUT2D eigenvalue weighted by molar-refractivity contribution is 5.74. The molecule has 0 radical (unpaired) electrons. The number of nitrogens with zero attached hydrogens (tertiary/aromatic N) is 4. The van der Waals surface area contributed by atoms with Crippen molar-refractivity contribution in [3.63, 3.8) is 0 Å². The van der Waals surface area contributed by atoms with Crippen LogP contribution in [0.2, 0.25) is 0 Å². The second-order valence-electron chi connectivity index (χ2n) is 12.5. The lowest BCUT2D eigenvalue weighted by molar-refractivity contribution is -0.159. The van der Waals surface area contributed by atoms with E-state index in [4.69, 9.17) is 14.7 Å². The van der Waals surface area contributed by atoms with Crippen LogP contribution in [0.3, 0.4) is 0 Å². The minimum Gasteiger partial charge on any atom is -0.460 e. The number of benzene rings is 1. The maximum atomic E-state index is 13.2. The first-order chi connectivity index (χ1) is 20.3. The molecule has 0 aliphatic carbocycles. The van der Waals surface area contributed by atoms with Gasteiger partial charge < -0.3 is 20.3 Å². The van der Waals surface area contributed by atoms with E-state index in [0.29, 0.717) is 18.9 Å². The molecule has 1 aromatic carbocycles. The lowest BCUT2D eigenvalue weighted by atomic mass is 9.92. The number of fused-ring (bicyclic) bond motifs is 1. The second-order valence-corrected chi connectivity index (χ2v) is 12.5. The largest absolute Gasteiger partial charge is 0.460 e. The fourth-order valence-electron chi connectivity index (χ4n) is 6.01. The number of pyridine rings is 1. The molecular formula is C34H46N6O2. The van der Waals surface area contributed by atoms with Gasteiger partial charge in [-0.25, -0.2) is 15.0 Å². The number of rotatable bonds is 10. The van der Waals surface area contributed by atoms with Gasteiger partial charge in [0, 0.05) is 43.4 Å². The Morgan fingerprint density at radius 3 is 2.64 bits per heavy atom. The Balaban J connectivity index is 1.25. The topological polar surface area (TPSA) is 92.3 Å². The first-order valence-electron chi connectivity index (χ1n) is 15.6. The lowest BCUT2D eigenvalue weighted by Crippen LogP contribution is -2.35. The number of hydrogen-bond donors (Lipinski definition) is 2. The molecule has 2 aromatic heterocycles. The van der Waals surface area contributed by atoms with E-state index in [1.54, 1.807) is 6.33 Å². The number of esters is 1. The third kappa shape index (κ3) is 7.58. The number of ether oxygens (including phenoxy) is 1. The number of carbonyl (C=O) groups is 1. The van der Waals surface area contributed by atoms with Crippen molar-refractivity contribution in [2.24, 2.45) is 5.92 Å². The Bertz CT molecular complexity index is 1330. The first kappa shape index (κ1) is 29.8. The highest BCUT2D eigenvalue weighted by atomic mass is 16.6. The monoisotopic (exact) mass is 570 g/mol. The predicted octanol–water partition coefficient (Wildman–Crippen LogP) is 6.18. The Morgan fingerprint density at radius 1 is 1.12 bits per heavy atom. The van der Waals surface area contributed by atoms with Crippen molar-refractivity contribution in [3.8, 4) is 0 Å². The molecule has 0 spiro atoms. The molecular weight excluding hydrogens is 524 g/mol. The van der Waals surface area contributed by atoms with E-state index in [9.17, 15) is 4.79 Å². The first-order valence-corrected chi connectivity index (χ1v) is 15.6. The van der Waals surface area contributed by atoms with Gasteiger partial charge in [-0.15, -0.1) is 0 Å². The Morgan fingerprint density at radius 2 is 1.90 bits per heavy atom. The number of aromatic nitrogens is 3. The van der Waals surface area contributed by atoms with Crippen molar-refractivity contribution in [1.82, 2.24) is 15.0 Å². The van der Waals surface area contributed by atoms with Crippen molar-refractivity contribution in [1.29, 1.82) is 0 Å². The number of hydrogen-bond acceptors (Lipinski definition) is 8. The van der Waals surface area contributed by atoms with Crippen LogP contribution in [-0.2, 0) is 28.8 Å². The van der Waals surface area contributed by atoms with Crippen LogP contribution in [-0.4, -0.2) is 52.7 Å². The number of nitrogens with one attached hydrogen (secondary N) is 2. The van der Waals surface area contributed by atoms with E-state index in [-0.39, 0.29) is 11.9 Å². The standard InChI is InChI=1S/C34H46N6O2/c1-5-28-31(36-22-27(33(41)42-34(2,3)4)14-13-24-10-7-6-8-11-24)37-23-38-32(28)40-20-17-25(18-21-40)29-16-15-26-12-9-19-35-30(26)39-29/h6-8,10-11,15-16,23,25,27H,5,9,12-14,17-22H2,1-4H3,(H,35,39)(H,36,37,38)/t27-/m0/s1. The molecule has 5 rings (SSSR count). The van der Waals surface area contributed by atoms with Gasteiger partial charge in [-0.05, 0) is 82.9 Å². The summed E-state index contributed by atoms with van der Waals surface area (Å²) >= 11 is 0. The number of aryl methyl sites for hydroxylation is 2. The number of piperidine rings is 1. The average Bonchev–Trinajstić information content (AvgIpc) is 3.00. The van der Waals surface area contributed by atoms with Crippen molar-refractivity contribution < 1.29 is 9.53 Å². The van der Waals surface area contributed by atoms with Crippen molar-refractivity contribution in [2.75, 3.05) is 41.7 Å². The molecule has 1 saturated heterocycles. The van der Waals surface area contributed by atoms with E-state index < -0.39 is 5.60 Å². The maximum Gasteiger partial charge on any atom is 0.311 e. The van der Waals surface area contributed by atoms with Crippen LogP contribution in [0.4, 0.5) is 17.5 Å². The summed E-state index contributed by atoms with van der Waals surface area (Å²) in [6.45, 7) is 11.2. The highest BCUT2D eigenvalue weighted by Crippen LogP contribution is 2.33. The van der Waals surface area contributed by atoms with Gasteiger partial charge >= 0.3 is 5.97 Å². The maximum absolute atomic E-state index is 13.2. The Kier molecular flexibility index (Phi) is 9.60. The molecule has 2 aliphatic heterocycles. The van der Waals surface area contributed by atoms with Gasteiger partial charge in [0.2, 0.25) is 0 Å². The van der Waals surface area contributed by atoms with E-state index in [0.717, 1.165) is 74.8 Å². The van der Waals surface area contributed by atoms with Crippen LogP contribution >= 0.6 is 0 Å². The van der Waals surface area contributed by atoms with Gasteiger partial charge in [-0.2, -0.15) is 0 Å². The van der Waals surface area contributed by atoms with Gasteiger partial charge in [0.15, 0.2) is 0 Å². The van der Waals surface area contributed by atoms with Gasteiger partial charge in [0.1, 0.15) is 29.4 Å². The average molecular weight is 571 g/mol. The molecule has 1 atom stereocenters. The molecule has 1 fully saturated rings. The molecule has 0 amide bonds. The second kappa shape index (κ2) is 13.5. The molecule has 8 heteroatoms. The van der Waals surface area contributed by atoms with Crippen LogP contribution in [0.15, 0.2) is 48.8 Å². The highest BCUT2D eigenvalue weighted by Gasteiger charge is 2.28. The molecule has 8 nitrogen and oxygen atoms in total. The fourth-order valence-corrected chi connectivity index (χ4v) is 6.01. The van der Waals surface area contributed by atoms with Gasteiger partial charge in [0.05, 0.1) is 5.92 Å². The van der Waals surface area contributed by atoms with E-state index in [1.807, 2.05) is 39.0 Å². The normalized spacial score (nSPS) is 16.3. The van der Waals surface area contributed by atoms with Crippen LogP contribution < -0.4 is 15.5 Å². The zero-order chi connectivity index (χ0) is 29.5. The molecule has 224 valence electrons. The smallest absolute Gasteiger partial charge is 0.311 e. The summed E-state index contributed by atoms with van der Waals surface area (Å²) < 4.78 is 5.80. The van der Waals surface area contributed by atoms with Gasteiger partial charge in [-0.3, -0.25) is 4.79 Å². The van der Waals surface area contributed by atoms with Crippen LogP contribution in [0.1, 0.15) is 81.7 Å². The number of anilines is 3. The lowest BCUT2D eigenvalue weighted by Gasteiger charge is -2.34. The van der Waals surface area contributed by atoms with Crippen LogP contribution in [0.25, 0.3) is 0 Å². The van der Waals surface area contributed by atoms with E-state index >= 15 is 0 Å². The van der Waals surface area contributed by atoms with Crippen molar-refractivity contribution >= 4 is 23.4 Å².